The molecule has 5 nitrogen and oxygen atoms in total. The van der Waals surface area contributed by atoms with Crippen LogP contribution < -0.4 is 10.3 Å². The first-order chi connectivity index (χ1) is 15.5. The third-order valence-electron chi connectivity index (χ3n) is 5.03. The Balaban J connectivity index is 1.90. The maximum atomic E-state index is 13.3. The summed E-state index contributed by atoms with van der Waals surface area (Å²) < 4.78 is 8.12. The summed E-state index contributed by atoms with van der Waals surface area (Å²) in [5, 5.41) is 5.56. The molecule has 0 saturated carbocycles. The van der Waals surface area contributed by atoms with E-state index in [9.17, 15) is 4.79 Å². The maximum absolute atomic E-state index is 13.3. The molecule has 0 bridgehead atoms. The first-order valence-corrected chi connectivity index (χ1v) is 11.4. The van der Waals surface area contributed by atoms with Gasteiger partial charge in [0.05, 0.1) is 27.7 Å². The van der Waals surface area contributed by atoms with Gasteiger partial charge in [-0.05, 0) is 53.5 Å². The number of fused-ring (bicyclic) bond motifs is 1. The van der Waals surface area contributed by atoms with Crippen molar-refractivity contribution in [1.29, 1.82) is 0 Å². The fourth-order valence-electron chi connectivity index (χ4n) is 3.21. The highest BCUT2D eigenvalue weighted by molar-refractivity contribution is 9.10. The van der Waals surface area contributed by atoms with Crippen LogP contribution in [-0.2, 0) is 0 Å². The summed E-state index contributed by atoms with van der Waals surface area (Å²) >= 11 is 9.81. The Bertz CT molecular complexity index is 1350. The molecule has 0 unspecified atom stereocenters. The predicted octanol–water partition coefficient (Wildman–Crippen LogP) is 6.54. The van der Waals surface area contributed by atoms with E-state index in [1.807, 2.05) is 55.5 Å². The molecule has 4 aromatic rings. The zero-order valence-electron chi connectivity index (χ0n) is 17.6. The second-order valence-corrected chi connectivity index (χ2v) is 8.61. The first-order valence-electron chi connectivity index (χ1n) is 10.2. The van der Waals surface area contributed by atoms with Crippen LogP contribution in [0.1, 0.15) is 25.8 Å². The molecule has 0 amide bonds. The van der Waals surface area contributed by atoms with Gasteiger partial charge in [0.2, 0.25) is 0 Å². The average molecular weight is 511 g/mol. The minimum Gasteiger partial charge on any atom is -0.489 e. The second-order valence-electron chi connectivity index (χ2n) is 7.32. The number of ether oxygens (including phenoxy) is 1. The van der Waals surface area contributed by atoms with Crippen molar-refractivity contribution in [2.45, 2.75) is 26.4 Å². The van der Waals surface area contributed by atoms with Crippen LogP contribution in [-0.4, -0.2) is 22.0 Å². The molecule has 0 aliphatic heterocycles. The van der Waals surface area contributed by atoms with Gasteiger partial charge in [-0.2, -0.15) is 9.78 Å². The Morgan fingerprint density at radius 2 is 1.88 bits per heavy atom. The van der Waals surface area contributed by atoms with Gasteiger partial charge in [0.1, 0.15) is 5.75 Å². The molecule has 0 radical (unpaired) electrons. The summed E-state index contributed by atoms with van der Waals surface area (Å²) in [4.78, 5) is 18.0. The van der Waals surface area contributed by atoms with E-state index in [0.29, 0.717) is 33.1 Å². The molecule has 0 aliphatic rings. The summed E-state index contributed by atoms with van der Waals surface area (Å²) in [6, 6.07) is 20.3. The Morgan fingerprint density at radius 3 is 2.62 bits per heavy atom. The lowest BCUT2D eigenvalue weighted by Gasteiger charge is -2.16. The van der Waals surface area contributed by atoms with Gasteiger partial charge >= 0.3 is 0 Å². The maximum Gasteiger partial charge on any atom is 0.282 e. The van der Waals surface area contributed by atoms with Crippen LogP contribution >= 0.6 is 27.5 Å². The minimum atomic E-state index is -0.254. The summed E-state index contributed by atoms with van der Waals surface area (Å²) in [5.74, 6) is 1.08. The molecule has 3 aromatic carbocycles. The molecule has 4 rings (SSSR count). The normalized spacial score (nSPS) is 12.4. The Hall–Kier alpha value is -2.96. The van der Waals surface area contributed by atoms with Crippen LogP contribution in [0.15, 0.2) is 81.1 Å². The average Bonchev–Trinajstić information content (AvgIpc) is 2.80. The quantitative estimate of drug-likeness (QED) is 0.277. The molecule has 0 aliphatic carbocycles. The number of benzene rings is 3. The second kappa shape index (κ2) is 9.67. The van der Waals surface area contributed by atoms with E-state index in [1.165, 1.54) is 4.68 Å². The van der Waals surface area contributed by atoms with Gasteiger partial charge in [0.15, 0.2) is 5.82 Å². The minimum absolute atomic E-state index is 0.00423. The third kappa shape index (κ3) is 4.61. The molecule has 0 saturated heterocycles. The van der Waals surface area contributed by atoms with Crippen LogP contribution in [0.3, 0.4) is 0 Å². The largest absolute Gasteiger partial charge is 0.489 e. The van der Waals surface area contributed by atoms with Crippen LogP contribution in [0.25, 0.3) is 22.3 Å². The molecule has 1 atom stereocenters. The third-order valence-corrected chi connectivity index (χ3v) is 5.84. The van der Waals surface area contributed by atoms with Gasteiger partial charge in [-0.25, -0.2) is 4.98 Å². The van der Waals surface area contributed by atoms with Crippen LogP contribution in [0, 0.1) is 0 Å². The van der Waals surface area contributed by atoms with Crippen molar-refractivity contribution in [3.05, 3.63) is 92.1 Å². The monoisotopic (exact) mass is 509 g/mol. The van der Waals surface area contributed by atoms with E-state index >= 15 is 0 Å². The van der Waals surface area contributed by atoms with E-state index in [2.05, 4.69) is 28.0 Å². The van der Waals surface area contributed by atoms with Crippen LogP contribution in [0.4, 0.5) is 0 Å². The van der Waals surface area contributed by atoms with Gasteiger partial charge in [-0.15, -0.1) is 0 Å². The predicted molar refractivity (Wildman–Crippen MR) is 134 cm³/mol. The van der Waals surface area contributed by atoms with E-state index in [0.717, 1.165) is 16.5 Å². The zero-order chi connectivity index (χ0) is 22.7. The first kappa shape index (κ1) is 22.2. The Morgan fingerprint density at radius 1 is 1.16 bits per heavy atom. The molecule has 1 heterocycles. The summed E-state index contributed by atoms with van der Waals surface area (Å²) in [6.07, 6.45) is 2.43. The van der Waals surface area contributed by atoms with E-state index < -0.39 is 0 Å². The molecule has 162 valence electrons. The van der Waals surface area contributed by atoms with Gasteiger partial charge in [0, 0.05) is 16.1 Å². The van der Waals surface area contributed by atoms with Crippen molar-refractivity contribution < 1.29 is 4.74 Å². The van der Waals surface area contributed by atoms with E-state index in [1.54, 1.807) is 24.4 Å². The van der Waals surface area contributed by atoms with Crippen LogP contribution in [0.2, 0.25) is 5.02 Å². The van der Waals surface area contributed by atoms with Gasteiger partial charge in [0.25, 0.3) is 5.56 Å². The van der Waals surface area contributed by atoms with Gasteiger partial charge in [-0.1, -0.05) is 61.0 Å². The molecule has 32 heavy (non-hydrogen) atoms. The smallest absolute Gasteiger partial charge is 0.282 e. The molecular weight excluding hydrogens is 490 g/mol. The highest BCUT2D eigenvalue weighted by Crippen LogP contribution is 2.33. The molecule has 0 spiro atoms. The molecule has 0 fully saturated rings. The summed E-state index contributed by atoms with van der Waals surface area (Å²) in [7, 11) is 0. The molecule has 0 N–H and O–H groups in total. The van der Waals surface area contributed by atoms with Gasteiger partial charge in [-0.3, -0.25) is 4.79 Å². The fraction of sp³-hybridized carbons (Fsp3) is 0.160. The lowest BCUT2D eigenvalue weighted by Crippen LogP contribution is -2.20. The highest BCUT2D eigenvalue weighted by atomic mass is 79.9. The summed E-state index contributed by atoms with van der Waals surface area (Å²) in [6.45, 7) is 4.04. The molecule has 1 aromatic heterocycles. The van der Waals surface area contributed by atoms with Crippen molar-refractivity contribution in [3.63, 3.8) is 0 Å². The SMILES string of the molecule is CC[C@@H](C)Oc1c(Br)cc(Cl)cc1C=Nn1c(-c2ccccc2)nc2ccccc2c1=O. The topological polar surface area (TPSA) is 56.5 Å². The number of hydrogen-bond donors (Lipinski definition) is 0. The Labute approximate surface area is 199 Å². The van der Waals surface area contributed by atoms with Crippen molar-refractivity contribution in [3.8, 4) is 17.1 Å². The van der Waals surface area contributed by atoms with Crippen molar-refractivity contribution >= 4 is 44.6 Å². The van der Waals surface area contributed by atoms with Gasteiger partial charge < -0.3 is 4.74 Å². The number of halogens is 2. The molecular formula is C25H21BrClN3O2. The lowest BCUT2D eigenvalue weighted by atomic mass is 10.2. The number of rotatable bonds is 6. The zero-order valence-corrected chi connectivity index (χ0v) is 20.0. The fourth-order valence-corrected chi connectivity index (χ4v) is 4.14. The number of nitrogens with zero attached hydrogens (tertiary/aromatic N) is 3. The molecule has 7 heteroatoms. The van der Waals surface area contributed by atoms with Crippen LogP contribution in [0.5, 0.6) is 5.75 Å². The van der Waals surface area contributed by atoms with E-state index in [4.69, 9.17) is 21.3 Å². The van der Waals surface area contributed by atoms with Crippen molar-refractivity contribution in [1.82, 2.24) is 9.66 Å². The van der Waals surface area contributed by atoms with Crippen molar-refractivity contribution in [2.75, 3.05) is 0 Å². The summed E-state index contributed by atoms with van der Waals surface area (Å²) in [5.41, 5.74) is 1.81. The van der Waals surface area contributed by atoms with E-state index in [-0.39, 0.29) is 11.7 Å². The standard InChI is InChI=1S/C25H21BrClN3O2/c1-3-16(2)32-23-18(13-19(27)14-21(23)26)15-28-30-24(17-9-5-4-6-10-17)29-22-12-8-7-11-20(22)25(30)31/h4-16H,3H2,1-2H3/t16-/m1/s1. The Kier molecular flexibility index (Phi) is 6.72. The highest BCUT2D eigenvalue weighted by Gasteiger charge is 2.14. The van der Waals surface area contributed by atoms with Crippen molar-refractivity contribution in [2.24, 2.45) is 5.10 Å². The number of hydrogen-bond acceptors (Lipinski definition) is 4. The number of aromatic nitrogens is 2. The number of para-hydroxylation sites is 1. The lowest BCUT2D eigenvalue weighted by molar-refractivity contribution is 0.215.